The second-order valence-electron chi connectivity index (χ2n) is 3.57. The van der Waals surface area contributed by atoms with Gasteiger partial charge in [0.05, 0.1) is 5.88 Å². The van der Waals surface area contributed by atoms with Crippen LogP contribution in [0.2, 0.25) is 0 Å². The molecule has 1 amide bonds. The van der Waals surface area contributed by atoms with Crippen LogP contribution >= 0.6 is 11.6 Å². The number of carbonyl (C=O) groups is 1. The Morgan fingerprint density at radius 3 is 2.59 bits per heavy atom. The molecular formula is C13H12ClNO2. The zero-order valence-electron chi connectivity index (χ0n) is 9.15. The average molecular weight is 250 g/mol. The lowest BCUT2D eigenvalue weighted by Gasteiger charge is -2.02. The van der Waals surface area contributed by atoms with Crippen LogP contribution < -0.4 is 5.32 Å². The third-order valence-electron chi connectivity index (χ3n) is 2.31. The van der Waals surface area contributed by atoms with Gasteiger partial charge in [-0.05, 0) is 17.7 Å². The number of amides is 1. The molecule has 0 aliphatic heterocycles. The summed E-state index contributed by atoms with van der Waals surface area (Å²) >= 11 is 5.59. The van der Waals surface area contributed by atoms with E-state index in [2.05, 4.69) is 5.32 Å². The largest absolute Gasteiger partial charge is 0.455 e. The van der Waals surface area contributed by atoms with E-state index >= 15 is 0 Å². The van der Waals surface area contributed by atoms with Gasteiger partial charge in [0.2, 0.25) is 0 Å². The Kier molecular flexibility index (Phi) is 3.83. The van der Waals surface area contributed by atoms with Gasteiger partial charge in [-0.3, -0.25) is 4.79 Å². The molecule has 0 fully saturated rings. The number of hydrogen-bond acceptors (Lipinski definition) is 2. The molecular weight excluding hydrogens is 238 g/mol. The number of alkyl halides is 1. The van der Waals surface area contributed by atoms with Gasteiger partial charge in [0.25, 0.3) is 5.91 Å². The predicted octanol–water partition coefficient (Wildman–Crippen LogP) is 2.95. The molecule has 2 aromatic rings. The Bertz CT molecular complexity index is 493. The molecule has 0 atom stereocenters. The van der Waals surface area contributed by atoms with E-state index in [9.17, 15) is 4.79 Å². The quantitative estimate of drug-likeness (QED) is 0.847. The number of benzene rings is 1. The maximum absolute atomic E-state index is 11.7. The van der Waals surface area contributed by atoms with E-state index in [1.165, 1.54) is 0 Å². The lowest BCUT2D eigenvalue weighted by atomic mass is 10.2. The lowest BCUT2D eigenvalue weighted by Crippen LogP contribution is -2.22. The summed E-state index contributed by atoms with van der Waals surface area (Å²) in [5.74, 6) is 0.921. The van der Waals surface area contributed by atoms with Gasteiger partial charge in [-0.15, -0.1) is 11.6 Å². The van der Waals surface area contributed by atoms with Crippen molar-refractivity contribution < 1.29 is 9.21 Å². The number of hydrogen-bond donors (Lipinski definition) is 1. The SMILES string of the molecule is O=C(NCc1ccccc1)c1ccc(CCl)o1. The summed E-state index contributed by atoms with van der Waals surface area (Å²) in [4.78, 5) is 11.7. The summed E-state index contributed by atoms with van der Waals surface area (Å²) in [5.41, 5.74) is 1.05. The summed E-state index contributed by atoms with van der Waals surface area (Å²) in [7, 11) is 0. The fourth-order valence-corrected chi connectivity index (χ4v) is 1.58. The first-order chi connectivity index (χ1) is 8.29. The Labute approximate surface area is 104 Å². The van der Waals surface area contributed by atoms with Crippen LogP contribution in [0.15, 0.2) is 46.9 Å². The third kappa shape index (κ3) is 3.11. The molecule has 0 saturated carbocycles. The van der Waals surface area contributed by atoms with Gasteiger partial charge >= 0.3 is 0 Å². The van der Waals surface area contributed by atoms with E-state index < -0.39 is 0 Å². The van der Waals surface area contributed by atoms with Crippen molar-refractivity contribution in [2.24, 2.45) is 0 Å². The average Bonchev–Trinajstić information content (AvgIpc) is 2.86. The van der Waals surface area contributed by atoms with Crippen molar-refractivity contribution in [1.82, 2.24) is 5.32 Å². The zero-order valence-corrected chi connectivity index (χ0v) is 9.91. The molecule has 3 nitrogen and oxygen atoms in total. The topological polar surface area (TPSA) is 42.2 Å². The van der Waals surface area contributed by atoms with E-state index in [1.807, 2.05) is 30.3 Å². The van der Waals surface area contributed by atoms with Crippen molar-refractivity contribution in [1.29, 1.82) is 0 Å². The van der Waals surface area contributed by atoms with E-state index in [-0.39, 0.29) is 17.5 Å². The molecule has 1 heterocycles. The van der Waals surface area contributed by atoms with Gasteiger partial charge in [-0.1, -0.05) is 30.3 Å². The molecule has 1 N–H and O–H groups in total. The first-order valence-corrected chi connectivity index (χ1v) is 5.80. The van der Waals surface area contributed by atoms with Crippen LogP contribution in [0.1, 0.15) is 21.9 Å². The van der Waals surface area contributed by atoms with Crippen LogP contribution in [0.25, 0.3) is 0 Å². The highest BCUT2D eigenvalue weighted by atomic mass is 35.5. The molecule has 0 aliphatic rings. The second-order valence-corrected chi connectivity index (χ2v) is 3.84. The third-order valence-corrected chi connectivity index (χ3v) is 2.58. The Hall–Kier alpha value is -1.74. The molecule has 0 radical (unpaired) electrons. The number of carbonyl (C=O) groups excluding carboxylic acids is 1. The molecule has 0 unspecified atom stereocenters. The van der Waals surface area contributed by atoms with Crippen LogP contribution in [0.4, 0.5) is 0 Å². The van der Waals surface area contributed by atoms with Gasteiger partial charge in [-0.25, -0.2) is 0 Å². The Balaban J connectivity index is 1.93. The minimum atomic E-state index is -0.231. The molecule has 2 rings (SSSR count). The highest BCUT2D eigenvalue weighted by molar-refractivity contribution is 6.16. The van der Waals surface area contributed by atoms with Crippen molar-refractivity contribution in [2.45, 2.75) is 12.4 Å². The van der Waals surface area contributed by atoms with E-state index in [0.29, 0.717) is 12.3 Å². The van der Waals surface area contributed by atoms with E-state index in [4.69, 9.17) is 16.0 Å². The second kappa shape index (κ2) is 5.55. The molecule has 0 saturated heterocycles. The summed E-state index contributed by atoms with van der Waals surface area (Å²) in [5, 5.41) is 2.78. The zero-order chi connectivity index (χ0) is 12.1. The highest BCUT2D eigenvalue weighted by Crippen LogP contribution is 2.10. The molecule has 1 aromatic carbocycles. The van der Waals surface area contributed by atoms with Gasteiger partial charge in [0, 0.05) is 6.54 Å². The minimum Gasteiger partial charge on any atom is -0.455 e. The minimum absolute atomic E-state index is 0.231. The summed E-state index contributed by atoms with van der Waals surface area (Å²) in [6.07, 6.45) is 0. The lowest BCUT2D eigenvalue weighted by molar-refractivity contribution is 0.0921. The van der Waals surface area contributed by atoms with Crippen molar-refractivity contribution in [3.63, 3.8) is 0 Å². The number of rotatable bonds is 4. The van der Waals surface area contributed by atoms with Gasteiger partial charge in [0.15, 0.2) is 5.76 Å². The summed E-state index contributed by atoms with van der Waals surface area (Å²) in [6, 6.07) is 13.0. The molecule has 88 valence electrons. The van der Waals surface area contributed by atoms with Gasteiger partial charge < -0.3 is 9.73 Å². The molecule has 17 heavy (non-hydrogen) atoms. The van der Waals surface area contributed by atoms with Crippen molar-refractivity contribution >= 4 is 17.5 Å². The van der Waals surface area contributed by atoms with Crippen LogP contribution in [0.5, 0.6) is 0 Å². The van der Waals surface area contributed by atoms with Crippen LogP contribution in [0, 0.1) is 0 Å². The Morgan fingerprint density at radius 1 is 1.18 bits per heavy atom. The molecule has 0 aliphatic carbocycles. The maximum Gasteiger partial charge on any atom is 0.287 e. The first-order valence-electron chi connectivity index (χ1n) is 5.26. The maximum atomic E-state index is 11.7. The number of nitrogens with one attached hydrogen (secondary N) is 1. The van der Waals surface area contributed by atoms with Crippen molar-refractivity contribution in [3.8, 4) is 0 Å². The van der Waals surface area contributed by atoms with E-state index in [0.717, 1.165) is 5.56 Å². The van der Waals surface area contributed by atoms with Gasteiger partial charge in [-0.2, -0.15) is 0 Å². The molecule has 4 heteroatoms. The summed E-state index contributed by atoms with van der Waals surface area (Å²) in [6.45, 7) is 0.483. The van der Waals surface area contributed by atoms with Crippen LogP contribution in [-0.2, 0) is 12.4 Å². The van der Waals surface area contributed by atoms with Crippen LogP contribution in [0.3, 0.4) is 0 Å². The normalized spacial score (nSPS) is 10.2. The first kappa shape index (κ1) is 11.7. The standard InChI is InChI=1S/C13H12ClNO2/c14-8-11-6-7-12(17-11)13(16)15-9-10-4-2-1-3-5-10/h1-7H,8-9H2,(H,15,16). The van der Waals surface area contributed by atoms with Crippen molar-refractivity contribution in [3.05, 3.63) is 59.5 Å². The van der Waals surface area contributed by atoms with Crippen molar-refractivity contribution in [2.75, 3.05) is 0 Å². The smallest absolute Gasteiger partial charge is 0.287 e. The fourth-order valence-electron chi connectivity index (χ4n) is 1.44. The predicted molar refractivity (Wildman–Crippen MR) is 65.9 cm³/mol. The molecule has 0 bridgehead atoms. The Morgan fingerprint density at radius 2 is 1.94 bits per heavy atom. The summed E-state index contributed by atoms with van der Waals surface area (Å²) < 4.78 is 5.24. The van der Waals surface area contributed by atoms with Crippen LogP contribution in [-0.4, -0.2) is 5.91 Å². The number of furan rings is 1. The molecule has 1 aromatic heterocycles. The van der Waals surface area contributed by atoms with Gasteiger partial charge in [0.1, 0.15) is 5.76 Å². The van der Waals surface area contributed by atoms with E-state index in [1.54, 1.807) is 12.1 Å². The highest BCUT2D eigenvalue weighted by Gasteiger charge is 2.09. The fraction of sp³-hybridized carbons (Fsp3) is 0.154. The number of halogens is 1. The monoisotopic (exact) mass is 249 g/mol. The molecule has 0 spiro atoms.